The lowest BCUT2D eigenvalue weighted by molar-refractivity contribution is 0.242. The third-order valence-electron chi connectivity index (χ3n) is 2.89. The van der Waals surface area contributed by atoms with E-state index in [4.69, 9.17) is 9.47 Å². The summed E-state index contributed by atoms with van der Waals surface area (Å²) in [5.41, 5.74) is 0.447. The molecule has 124 valence electrons. The van der Waals surface area contributed by atoms with Gasteiger partial charge in [-0.25, -0.2) is 8.42 Å². The van der Waals surface area contributed by atoms with Crippen molar-refractivity contribution < 1.29 is 17.9 Å². The molecule has 0 atom stereocenters. The summed E-state index contributed by atoms with van der Waals surface area (Å²) in [5.74, 6) is 0.962. The summed E-state index contributed by atoms with van der Waals surface area (Å²) in [6.07, 6.45) is 0.0588. The van der Waals surface area contributed by atoms with Crippen molar-refractivity contribution in [2.75, 3.05) is 11.8 Å². The van der Waals surface area contributed by atoms with Gasteiger partial charge in [0, 0.05) is 10.2 Å². The predicted octanol–water partition coefficient (Wildman–Crippen LogP) is 4.05. The van der Waals surface area contributed by atoms with E-state index < -0.39 is 10.0 Å². The van der Waals surface area contributed by atoms with Crippen molar-refractivity contribution in [2.24, 2.45) is 0 Å². The molecule has 0 heterocycles. The molecule has 0 saturated carbocycles. The number of benzene rings is 2. The minimum absolute atomic E-state index is 0.0588. The molecular formula is C16H18BrNO4S. The Labute approximate surface area is 144 Å². The molecule has 0 aromatic heterocycles. The predicted molar refractivity (Wildman–Crippen MR) is 93.7 cm³/mol. The zero-order valence-electron chi connectivity index (χ0n) is 13.0. The van der Waals surface area contributed by atoms with Crippen molar-refractivity contribution in [3.8, 4) is 11.5 Å². The van der Waals surface area contributed by atoms with Crippen LogP contribution in [0.4, 0.5) is 5.69 Å². The van der Waals surface area contributed by atoms with Gasteiger partial charge in [0.05, 0.1) is 13.2 Å². The van der Waals surface area contributed by atoms with Gasteiger partial charge in [-0.05, 0) is 56.3 Å². The summed E-state index contributed by atoms with van der Waals surface area (Å²) < 4.78 is 39.0. The number of ether oxygens (including phenoxy) is 2. The van der Waals surface area contributed by atoms with Crippen molar-refractivity contribution in [1.82, 2.24) is 0 Å². The van der Waals surface area contributed by atoms with Crippen molar-refractivity contribution in [3.63, 3.8) is 0 Å². The first-order valence-corrected chi connectivity index (χ1v) is 9.22. The lowest BCUT2D eigenvalue weighted by Gasteiger charge is -2.13. The number of hydrogen-bond acceptors (Lipinski definition) is 4. The van der Waals surface area contributed by atoms with Gasteiger partial charge in [0.15, 0.2) is 0 Å². The zero-order chi connectivity index (χ0) is 17.0. The SMILES string of the molecule is COc1ccc(Br)cc1S(=O)(=O)Nc1ccc(OC(C)C)cc1. The normalized spacial score (nSPS) is 11.3. The van der Waals surface area contributed by atoms with E-state index in [0.717, 1.165) is 0 Å². The molecule has 0 aliphatic rings. The molecule has 2 rings (SSSR count). The van der Waals surface area contributed by atoms with Gasteiger partial charge >= 0.3 is 0 Å². The number of anilines is 1. The first kappa shape index (κ1) is 17.6. The maximum atomic E-state index is 12.6. The highest BCUT2D eigenvalue weighted by Crippen LogP contribution is 2.29. The average molecular weight is 400 g/mol. The van der Waals surface area contributed by atoms with E-state index in [1.807, 2.05) is 13.8 Å². The Hall–Kier alpha value is -1.73. The van der Waals surface area contributed by atoms with Crippen LogP contribution in [0.25, 0.3) is 0 Å². The highest BCUT2D eigenvalue weighted by molar-refractivity contribution is 9.10. The van der Waals surface area contributed by atoms with Crippen LogP contribution in [0.1, 0.15) is 13.8 Å². The molecule has 0 aliphatic heterocycles. The summed E-state index contributed by atoms with van der Waals surface area (Å²) >= 11 is 3.27. The fraction of sp³-hybridized carbons (Fsp3) is 0.250. The maximum Gasteiger partial charge on any atom is 0.265 e. The molecule has 0 amide bonds. The summed E-state index contributed by atoms with van der Waals surface area (Å²) in [6, 6.07) is 11.6. The van der Waals surface area contributed by atoms with Crippen LogP contribution in [0.15, 0.2) is 51.8 Å². The van der Waals surface area contributed by atoms with Crippen LogP contribution in [0.2, 0.25) is 0 Å². The number of rotatable bonds is 6. The molecule has 2 aromatic carbocycles. The molecule has 0 bridgehead atoms. The first-order chi connectivity index (χ1) is 10.8. The van der Waals surface area contributed by atoms with Crippen LogP contribution in [-0.2, 0) is 10.0 Å². The molecule has 0 unspecified atom stereocenters. The van der Waals surface area contributed by atoms with E-state index in [1.54, 1.807) is 36.4 Å². The highest BCUT2D eigenvalue weighted by atomic mass is 79.9. The molecule has 0 saturated heterocycles. The second-order valence-corrected chi connectivity index (χ2v) is 7.66. The van der Waals surface area contributed by atoms with Crippen molar-refractivity contribution in [1.29, 1.82) is 0 Å². The number of nitrogens with one attached hydrogen (secondary N) is 1. The Bertz CT molecular complexity index is 773. The monoisotopic (exact) mass is 399 g/mol. The number of sulfonamides is 1. The molecule has 2 aromatic rings. The minimum atomic E-state index is -3.76. The maximum absolute atomic E-state index is 12.6. The Morgan fingerprint density at radius 3 is 2.30 bits per heavy atom. The average Bonchev–Trinajstić information content (AvgIpc) is 2.48. The van der Waals surface area contributed by atoms with Crippen LogP contribution in [0, 0.1) is 0 Å². The molecule has 0 radical (unpaired) electrons. The van der Waals surface area contributed by atoms with E-state index in [2.05, 4.69) is 20.7 Å². The van der Waals surface area contributed by atoms with E-state index in [9.17, 15) is 8.42 Å². The molecule has 7 heteroatoms. The fourth-order valence-electron chi connectivity index (χ4n) is 1.94. The van der Waals surface area contributed by atoms with Crippen molar-refractivity contribution in [2.45, 2.75) is 24.8 Å². The highest BCUT2D eigenvalue weighted by Gasteiger charge is 2.20. The van der Waals surface area contributed by atoms with Gasteiger partial charge in [-0.1, -0.05) is 15.9 Å². The van der Waals surface area contributed by atoms with Crippen LogP contribution in [0.3, 0.4) is 0 Å². The molecule has 1 N–H and O–H groups in total. The van der Waals surface area contributed by atoms with Gasteiger partial charge in [0.25, 0.3) is 10.0 Å². The molecule has 0 spiro atoms. The second kappa shape index (κ2) is 7.23. The first-order valence-electron chi connectivity index (χ1n) is 6.95. The third-order valence-corrected chi connectivity index (χ3v) is 4.79. The summed E-state index contributed by atoms with van der Waals surface area (Å²) in [7, 11) is -2.33. The van der Waals surface area contributed by atoms with Crippen LogP contribution in [-0.4, -0.2) is 21.6 Å². The smallest absolute Gasteiger partial charge is 0.265 e. The van der Waals surface area contributed by atoms with Gasteiger partial charge in [0.2, 0.25) is 0 Å². The Morgan fingerprint density at radius 1 is 1.09 bits per heavy atom. The van der Waals surface area contributed by atoms with E-state index in [0.29, 0.717) is 15.9 Å². The molecular weight excluding hydrogens is 382 g/mol. The lowest BCUT2D eigenvalue weighted by atomic mass is 10.3. The number of hydrogen-bond donors (Lipinski definition) is 1. The van der Waals surface area contributed by atoms with Gasteiger partial charge < -0.3 is 9.47 Å². The fourth-order valence-corrected chi connectivity index (χ4v) is 3.71. The summed E-state index contributed by atoms with van der Waals surface area (Å²) in [6.45, 7) is 3.85. The van der Waals surface area contributed by atoms with Crippen LogP contribution < -0.4 is 14.2 Å². The lowest BCUT2D eigenvalue weighted by Crippen LogP contribution is -2.14. The Morgan fingerprint density at radius 2 is 1.74 bits per heavy atom. The molecule has 23 heavy (non-hydrogen) atoms. The van der Waals surface area contributed by atoms with E-state index >= 15 is 0 Å². The summed E-state index contributed by atoms with van der Waals surface area (Å²) in [4.78, 5) is 0.0666. The largest absolute Gasteiger partial charge is 0.495 e. The Balaban J connectivity index is 2.26. The Kier molecular flexibility index (Phi) is 5.54. The number of halogens is 1. The topological polar surface area (TPSA) is 64.6 Å². The number of methoxy groups -OCH3 is 1. The molecule has 5 nitrogen and oxygen atoms in total. The van der Waals surface area contributed by atoms with Crippen molar-refractivity contribution in [3.05, 3.63) is 46.9 Å². The second-order valence-electron chi connectivity index (χ2n) is 5.09. The summed E-state index contributed by atoms with van der Waals surface area (Å²) in [5, 5.41) is 0. The standard InChI is InChI=1S/C16H18BrNO4S/c1-11(2)22-14-7-5-13(6-8-14)18-23(19,20)16-10-12(17)4-9-15(16)21-3/h4-11,18H,1-3H3. The van der Waals surface area contributed by atoms with Gasteiger partial charge in [-0.15, -0.1) is 0 Å². The van der Waals surface area contributed by atoms with Gasteiger partial charge in [0.1, 0.15) is 16.4 Å². The molecule has 0 fully saturated rings. The molecule has 0 aliphatic carbocycles. The van der Waals surface area contributed by atoms with E-state index in [-0.39, 0.29) is 16.7 Å². The van der Waals surface area contributed by atoms with Gasteiger partial charge in [-0.3, -0.25) is 4.72 Å². The van der Waals surface area contributed by atoms with Crippen LogP contribution >= 0.6 is 15.9 Å². The van der Waals surface area contributed by atoms with Crippen LogP contribution in [0.5, 0.6) is 11.5 Å². The van der Waals surface area contributed by atoms with Crippen molar-refractivity contribution >= 4 is 31.6 Å². The third kappa shape index (κ3) is 4.62. The zero-order valence-corrected chi connectivity index (χ0v) is 15.4. The van der Waals surface area contributed by atoms with Gasteiger partial charge in [-0.2, -0.15) is 0 Å². The minimum Gasteiger partial charge on any atom is -0.495 e. The van der Waals surface area contributed by atoms with E-state index in [1.165, 1.54) is 13.2 Å². The quantitative estimate of drug-likeness (QED) is 0.795.